The highest BCUT2D eigenvalue weighted by Crippen LogP contribution is 2.21. The molecule has 0 spiro atoms. The van der Waals surface area contributed by atoms with Crippen LogP contribution < -0.4 is 10.6 Å². The molecule has 0 atom stereocenters. The minimum atomic E-state index is -0.245. The molecule has 1 heterocycles. The van der Waals surface area contributed by atoms with E-state index in [1.807, 2.05) is 30.5 Å². The van der Waals surface area contributed by atoms with Gasteiger partial charge in [0.2, 0.25) is 0 Å². The molecule has 0 radical (unpaired) electrons. The first-order valence-corrected chi connectivity index (χ1v) is 8.28. The Morgan fingerprint density at radius 2 is 2.09 bits per heavy atom. The molecule has 5 nitrogen and oxygen atoms in total. The van der Waals surface area contributed by atoms with Crippen LogP contribution in [0.3, 0.4) is 0 Å². The van der Waals surface area contributed by atoms with E-state index in [-0.39, 0.29) is 6.03 Å². The molecular formula is C15H18BrClN4O. The molecular weight excluding hydrogens is 368 g/mol. The number of rotatable bonds is 6. The summed E-state index contributed by atoms with van der Waals surface area (Å²) < 4.78 is 2.50. The summed E-state index contributed by atoms with van der Waals surface area (Å²) in [6, 6.07) is 7.34. The Hall–Kier alpha value is -1.53. The van der Waals surface area contributed by atoms with Gasteiger partial charge >= 0.3 is 6.03 Å². The van der Waals surface area contributed by atoms with E-state index in [4.69, 9.17) is 11.6 Å². The van der Waals surface area contributed by atoms with E-state index in [0.29, 0.717) is 23.9 Å². The van der Waals surface area contributed by atoms with Gasteiger partial charge in [0.1, 0.15) is 0 Å². The number of nitrogens with zero attached hydrogens (tertiary/aromatic N) is 2. The van der Waals surface area contributed by atoms with Crippen molar-refractivity contribution in [3.8, 4) is 0 Å². The lowest BCUT2D eigenvalue weighted by Crippen LogP contribution is -2.29. The van der Waals surface area contributed by atoms with Gasteiger partial charge in [-0.15, -0.1) is 0 Å². The number of unbranched alkanes of at least 4 members (excludes halogenated alkanes) is 1. The highest BCUT2D eigenvalue weighted by Gasteiger charge is 2.10. The zero-order valence-electron chi connectivity index (χ0n) is 12.3. The third kappa shape index (κ3) is 5.03. The van der Waals surface area contributed by atoms with Crippen molar-refractivity contribution in [2.75, 3.05) is 11.9 Å². The van der Waals surface area contributed by atoms with Crippen LogP contribution in [0.4, 0.5) is 10.6 Å². The highest BCUT2D eigenvalue weighted by atomic mass is 79.9. The van der Waals surface area contributed by atoms with Crippen molar-refractivity contribution in [2.24, 2.45) is 0 Å². The maximum absolute atomic E-state index is 11.7. The van der Waals surface area contributed by atoms with Crippen LogP contribution in [0.25, 0.3) is 0 Å². The van der Waals surface area contributed by atoms with E-state index >= 15 is 0 Å². The molecule has 0 fully saturated rings. The first-order chi connectivity index (χ1) is 10.6. The molecule has 2 rings (SSSR count). The van der Waals surface area contributed by atoms with Crippen LogP contribution in [0.5, 0.6) is 0 Å². The van der Waals surface area contributed by atoms with Crippen molar-refractivity contribution in [3.05, 3.63) is 45.5 Å². The van der Waals surface area contributed by atoms with Gasteiger partial charge in [-0.1, -0.05) is 37.1 Å². The molecule has 0 aliphatic heterocycles. The minimum Gasteiger partial charge on any atom is -0.338 e. The van der Waals surface area contributed by atoms with Crippen molar-refractivity contribution >= 4 is 39.4 Å². The largest absolute Gasteiger partial charge is 0.338 e. The third-order valence-corrected chi connectivity index (χ3v) is 3.85. The smallest absolute Gasteiger partial charge is 0.320 e. The summed E-state index contributed by atoms with van der Waals surface area (Å²) in [4.78, 5) is 11.7. The number of carbonyl (C=O) groups is 1. The molecule has 0 aliphatic carbocycles. The number of amides is 2. The molecule has 2 aromatic rings. The molecule has 0 unspecified atom stereocenters. The summed E-state index contributed by atoms with van der Waals surface area (Å²) in [5.74, 6) is 0.503. The van der Waals surface area contributed by atoms with Crippen molar-refractivity contribution in [2.45, 2.75) is 26.3 Å². The molecule has 1 aromatic heterocycles. The fourth-order valence-corrected chi connectivity index (χ4v) is 2.41. The Labute approximate surface area is 143 Å². The van der Waals surface area contributed by atoms with E-state index in [0.717, 1.165) is 22.9 Å². The van der Waals surface area contributed by atoms with Gasteiger partial charge in [0.25, 0.3) is 0 Å². The molecule has 0 bridgehead atoms. The number of anilines is 1. The SMILES string of the molecule is CCCCNC(=O)Nc1nn(Cc2ccc(Cl)cc2)cc1Br. The summed E-state index contributed by atoms with van der Waals surface area (Å²) in [6.45, 7) is 3.34. The van der Waals surface area contributed by atoms with Gasteiger partial charge in [-0.05, 0) is 40.0 Å². The molecule has 1 aromatic carbocycles. The predicted octanol–water partition coefficient (Wildman–Crippen LogP) is 4.27. The Kier molecular flexibility index (Phi) is 6.27. The molecule has 0 saturated carbocycles. The van der Waals surface area contributed by atoms with E-state index in [1.54, 1.807) is 4.68 Å². The van der Waals surface area contributed by atoms with Crippen LogP contribution in [0.1, 0.15) is 25.3 Å². The van der Waals surface area contributed by atoms with Crippen molar-refractivity contribution < 1.29 is 4.79 Å². The van der Waals surface area contributed by atoms with Gasteiger partial charge in [0, 0.05) is 17.8 Å². The molecule has 0 saturated heterocycles. The highest BCUT2D eigenvalue weighted by molar-refractivity contribution is 9.10. The Balaban J connectivity index is 1.95. The quantitative estimate of drug-likeness (QED) is 0.730. The standard InChI is InChI=1S/C15H18BrClN4O/c1-2-3-8-18-15(22)19-14-13(16)10-21(20-14)9-11-4-6-12(17)7-5-11/h4-7,10H,2-3,8-9H2,1H3,(H2,18,19,20,22). The normalized spacial score (nSPS) is 10.5. The minimum absolute atomic E-state index is 0.245. The zero-order chi connectivity index (χ0) is 15.9. The summed E-state index contributed by atoms with van der Waals surface area (Å²) in [7, 11) is 0. The lowest BCUT2D eigenvalue weighted by Gasteiger charge is -2.05. The maximum Gasteiger partial charge on any atom is 0.320 e. The Morgan fingerprint density at radius 3 is 2.77 bits per heavy atom. The summed E-state index contributed by atoms with van der Waals surface area (Å²) in [5.41, 5.74) is 1.08. The Morgan fingerprint density at radius 1 is 1.36 bits per heavy atom. The van der Waals surface area contributed by atoms with Crippen LogP contribution in [0, 0.1) is 0 Å². The van der Waals surface area contributed by atoms with Gasteiger partial charge in [0.05, 0.1) is 11.0 Å². The predicted molar refractivity (Wildman–Crippen MR) is 92.4 cm³/mol. The molecule has 2 N–H and O–H groups in total. The molecule has 118 valence electrons. The van der Waals surface area contributed by atoms with Crippen LogP contribution >= 0.6 is 27.5 Å². The number of nitrogens with one attached hydrogen (secondary N) is 2. The summed E-state index contributed by atoms with van der Waals surface area (Å²) >= 11 is 9.27. The molecule has 2 amide bonds. The number of urea groups is 1. The second kappa shape index (κ2) is 8.19. The maximum atomic E-state index is 11.7. The average Bonchev–Trinajstić information content (AvgIpc) is 2.81. The number of hydrogen-bond acceptors (Lipinski definition) is 2. The van der Waals surface area contributed by atoms with Crippen molar-refractivity contribution in [1.29, 1.82) is 0 Å². The van der Waals surface area contributed by atoms with E-state index in [2.05, 4.69) is 38.6 Å². The first kappa shape index (κ1) is 16.8. The van der Waals surface area contributed by atoms with Gasteiger partial charge in [-0.2, -0.15) is 5.10 Å². The third-order valence-electron chi connectivity index (χ3n) is 3.02. The van der Waals surface area contributed by atoms with Gasteiger partial charge in [0.15, 0.2) is 5.82 Å². The topological polar surface area (TPSA) is 59.0 Å². The molecule has 0 aliphatic rings. The lowest BCUT2D eigenvalue weighted by molar-refractivity contribution is 0.252. The Bertz CT molecular complexity index is 627. The number of carbonyl (C=O) groups excluding carboxylic acids is 1. The van der Waals surface area contributed by atoms with Crippen molar-refractivity contribution in [1.82, 2.24) is 15.1 Å². The first-order valence-electron chi connectivity index (χ1n) is 7.10. The van der Waals surface area contributed by atoms with Gasteiger partial charge in [-0.3, -0.25) is 10.00 Å². The van der Waals surface area contributed by atoms with E-state index in [1.165, 1.54) is 0 Å². The molecule has 7 heteroatoms. The zero-order valence-corrected chi connectivity index (χ0v) is 14.6. The van der Waals surface area contributed by atoms with Crippen LogP contribution in [0.15, 0.2) is 34.9 Å². The number of aromatic nitrogens is 2. The van der Waals surface area contributed by atoms with Gasteiger partial charge in [-0.25, -0.2) is 4.79 Å². The summed E-state index contributed by atoms with van der Waals surface area (Å²) in [5, 5.41) is 10.6. The number of hydrogen-bond donors (Lipinski definition) is 2. The van der Waals surface area contributed by atoms with Crippen LogP contribution in [0.2, 0.25) is 5.02 Å². The monoisotopic (exact) mass is 384 g/mol. The fraction of sp³-hybridized carbons (Fsp3) is 0.333. The fourth-order valence-electron chi connectivity index (χ4n) is 1.87. The lowest BCUT2D eigenvalue weighted by atomic mass is 10.2. The van der Waals surface area contributed by atoms with Crippen LogP contribution in [-0.4, -0.2) is 22.4 Å². The van der Waals surface area contributed by atoms with Crippen molar-refractivity contribution in [3.63, 3.8) is 0 Å². The molecule has 22 heavy (non-hydrogen) atoms. The van der Waals surface area contributed by atoms with E-state index in [9.17, 15) is 4.79 Å². The van der Waals surface area contributed by atoms with Crippen LogP contribution in [-0.2, 0) is 6.54 Å². The second-order valence-electron chi connectivity index (χ2n) is 4.88. The van der Waals surface area contributed by atoms with Gasteiger partial charge < -0.3 is 5.32 Å². The number of halogens is 2. The summed E-state index contributed by atoms with van der Waals surface area (Å²) in [6.07, 6.45) is 3.83. The van der Waals surface area contributed by atoms with E-state index < -0.39 is 0 Å². The number of benzene rings is 1. The second-order valence-corrected chi connectivity index (χ2v) is 6.17. The average molecular weight is 386 g/mol.